The van der Waals surface area contributed by atoms with Gasteiger partial charge in [-0.2, -0.15) is 0 Å². The zero-order valence-corrected chi connectivity index (χ0v) is 23.7. The lowest BCUT2D eigenvalue weighted by Crippen LogP contribution is -2.29. The van der Waals surface area contributed by atoms with Crippen molar-refractivity contribution in [3.05, 3.63) is 95.1 Å². The van der Waals surface area contributed by atoms with Crippen LogP contribution in [0.1, 0.15) is 53.6 Å². The molecule has 2 atom stereocenters. The Morgan fingerprint density at radius 1 is 1.05 bits per heavy atom. The quantitative estimate of drug-likeness (QED) is 0.281. The number of thiocarbonyl (C=S) groups is 1. The molecule has 0 bridgehead atoms. The molecule has 2 aliphatic heterocycles. The van der Waals surface area contributed by atoms with Gasteiger partial charge in [-0.1, -0.05) is 13.0 Å². The lowest BCUT2D eigenvalue weighted by molar-refractivity contribution is -0.115. The number of pyridine rings is 1. The topological polar surface area (TPSA) is 80.7 Å². The Bertz CT molecular complexity index is 1620. The predicted molar refractivity (Wildman–Crippen MR) is 159 cm³/mol. The van der Waals surface area contributed by atoms with Crippen LogP contribution in [0.25, 0.3) is 5.69 Å². The molecule has 8 nitrogen and oxygen atoms in total. The fourth-order valence-electron chi connectivity index (χ4n) is 5.63. The van der Waals surface area contributed by atoms with E-state index < -0.39 is 0 Å². The summed E-state index contributed by atoms with van der Waals surface area (Å²) in [6.45, 7) is 8.32. The minimum absolute atomic E-state index is 0.0155. The Morgan fingerprint density at radius 2 is 1.85 bits per heavy atom. The molecule has 6 rings (SSSR count). The van der Waals surface area contributed by atoms with Crippen molar-refractivity contribution in [2.75, 3.05) is 17.0 Å². The monoisotopic (exact) mass is 553 g/mol. The van der Waals surface area contributed by atoms with Crippen molar-refractivity contribution in [2.24, 2.45) is 0 Å². The fraction of sp³-hybridized carbons (Fsp3) is 0.258. The van der Waals surface area contributed by atoms with Gasteiger partial charge in [0.2, 0.25) is 12.7 Å². The molecule has 40 heavy (non-hydrogen) atoms. The van der Waals surface area contributed by atoms with Crippen LogP contribution >= 0.6 is 12.2 Å². The fourth-order valence-corrected chi connectivity index (χ4v) is 5.98. The predicted octanol–water partition coefficient (Wildman–Crippen LogP) is 6.05. The lowest BCUT2D eigenvalue weighted by Gasteiger charge is -2.29. The molecule has 0 aliphatic carbocycles. The molecule has 1 fully saturated rings. The first kappa shape index (κ1) is 25.9. The number of aryl methyl sites for hydroxylation is 2. The number of fused-ring (bicyclic) bond motifs is 1. The second-order valence-corrected chi connectivity index (χ2v) is 10.5. The van der Waals surface area contributed by atoms with E-state index >= 15 is 0 Å². The third-order valence-electron chi connectivity index (χ3n) is 7.58. The van der Waals surface area contributed by atoms with Gasteiger partial charge in [0.25, 0.3) is 0 Å². The second kappa shape index (κ2) is 10.3. The van der Waals surface area contributed by atoms with Crippen LogP contribution < -0.4 is 25.0 Å². The van der Waals surface area contributed by atoms with E-state index in [0.29, 0.717) is 11.5 Å². The Balaban J connectivity index is 1.46. The maximum Gasteiger partial charge on any atom is 0.231 e. The van der Waals surface area contributed by atoms with Crippen LogP contribution in [-0.4, -0.2) is 27.4 Å². The third kappa shape index (κ3) is 4.46. The van der Waals surface area contributed by atoms with Gasteiger partial charge >= 0.3 is 0 Å². The van der Waals surface area contributed by atoms with E-state index in [9.17, 15) is 4.79 Å². The number of hydrogen-bond donors (Lipinski definition) is 2. The summed E-state index contributed by atoms with van der Waals surface area (Å²) in [7, 11) is 0. The van der Waals surface area contributed by atoms with Gasteiger partial charge in [-0.05, 0) is 92.6 Å². The van der Waals surface area contributed by atoms with E-state index in [1.54, 1.807) is 0 Å². The van der Waals surface area contributed by atoms with Crippen LogP contribution in [0.3, 0.4) is 0 Å². The molecule has 0 radical (unpaired) electrons. The van der Waals surface area contributed by atoms with Gasteiger partial charge in [-0.25, -0.2) is 0 Å². The Morgan fingerprint density at radius 3 is 2.60 bits per heavy atom. The summed E-state index contributed by atoms with van der Waals surface area (Å²) < 4.78 is 13.4. The number of hydrogen-bond acceptors (Lipinski definition) is 5. The molecule has 1 amide bonds. The van der Waals surface area contributed by atoms with Gasteiger partial charge in [0, 0.05) is 47.1 Å². The number of rotatable bonds is 6. The Kier molecular flexibility index (Phi) is 6.67. The average molecular weight is 554 g/mol. The first-order valence-corrected chi connectivity index (χ1v) is 13.8. The van der Waals surface area contributed by atoms with Crippen molar-refractivity contribution in [1.29, 1.82) is 0 Å². The number of nitrogens with one attached hydrogen (secondary N) is 2. The highest BCUT2D eigenvalue weighted by Gasteiger charge is 2.42. The largest absolute Gasteiger partial charge is 0.454 e. The van der Waals surface area contributed by atoms with Crippen LogP contribution in [0.15, 0.2) is 66.9 Å². The van der Waals surface area contributed by atoms with Gasteiger partial charge in [0.05, 0.1) is 17.8 Å². The minimum Gasteiger partial charge on any atom is -0.454 e. The molecule has 2 aromatic heterocycles. The first-order valence-electron chi connectivity index (χ1n) is 13.4. The van der Waals surface area contributed by atoms with E-state index in [2.05, 4.69) is 52.1 Å². The highest BCUT2D eigenvalue weighted by molar-refractivity contribution is 7.80. The van der Waals surface area contributed by atoms with Crippen LogP contribution in [0, 0.1) is 20.8 Å². The van der Waals surface area contributed by atoms with Gasteiger partial charge in [-0.3, -0.25) is 9.78 Å². The molecule has 0 unspecified atom stereocenters. The highest BCUT2D eigenvalue weighted by Crippen LogP contribution is 2.45. The number of aromatic nitrogens is 2. The number of anilines is 2. The molecular formula is C31H31N5O3S. The van der Waals surface area contributed by atoms with Gasteiger partial charge < -0.3 is 29.6 Å². The molecule has 4 aromatic rings. The minimum atomic E-state index is -0.167. The molecule has 2 aliphatic rings. The molecule has 4 heterocycles. The molecule has 1 saturated heterocycles. The number of ether oxygens (including phenoxy) is 2. The molecule has 2 aromatic carbocycles. The van der Waals surface area contributed by atoms with E-state index in [-0.39, 0.29) is 24.8 Å². The van der Waals surface area contributed by atoms with E-state index in [1.807, 2.05) is 62.5 Å². The zero-order valence-electron chi connectivity index (χ0n) is 22.9. The number of benzene rings is 2. The summed E-state index contributed by atoms with van der Waals surface area (Å²) in [5.74, 6) is 1.49. The van der Waals surface area contributed by atoms with E-state index in [4.69, 9.17) is 26.7 Å². The molecule has 2 N–H and O–H groups in total. The van der Waals surface area contributed by atoms with Gasteiger partial charge in [0.15, 0.2) is 16.6 Å². The molecule has 0 saturated carbocycles. The van der Waals surface area contributed by atoms with Crippen LogP contribution in [0.4, 0.5) is 11.4 Å². The standard InChI is InChI=1S/C31H31N5O3S/c1-5-28(37)33-24-11-9-21(14-18(24)2)36-30(29(34-31(36)40)25-8-6-7-13-32-25)23-15-19(3)35(20(23)4)22-10-12-26-27(16-22)39-17-38-26/h6-16,29-30H,5,17H2,1-4H3,(H,33,37)(H,34,40)/t29-,30-/m1/s1. The van der Waals surface area contributed by atoms with Crippen molar-refractivity contribution in [1.82, 2.24) is 14.9 Å². The average Bonchev–Trinajstić information content (AvgIpc) is 3.64. The summed E-state index contributed by atoms with van der Waals surface area (Å²) in [5.41, 5.74) is 7.96. The van der Waals surface area contributed by atoms with Gasteiger partial charge in [-0.15, -0.1) is 0 Å². The van der Waals surface area contributed by atoms with E-state index in [0.717, 1.165) is 56.8 Å². The summed E-state index contributed by atoms with van der Waals surface area (Å²) in [5, 5.41) is 7.16. The van der Waals surface area contributed by atoms with Crippen molar-refractivity contribution in [3.8, 4) is 17.2 Å². The first-order chi connectivity index (χ1) is 19.4. The van der Waals surface area contributed by atoms with Gasteiger partial charge in [0.1, 0.15) is 0 Å². The summed E-state index contributed by atoms with van der Waals surface area (Å²) in [4.78, 5) is 18.9. The molecular weight excluding hydrogens is 522 g/mol. The molecule has 0 spiro atoms. The Hall–Kier alpha value is -4.37. The third-order valence-corrected chi connectivity index (χ3v) is 7.90. The normalized spacial score (nSPS) is 17.7. The van der Waals surface area contributed by atoms with Crippen LogP contribution in [-0.2, 0) is 4.79 Å². The lowest BCUT2D eigenvalue weighted by atomic mass is 9.96. The van der Waals surface area contributed by atoms with Crippen LogP contribution in [0.2, 0.25) is 0 Å². The Labute approximate surface area is 238 Å². The summed E-state index contributed by atoms with van der Waals surface area (Å²) in [6, 6.07) is 19.9. The highest BCUT2D eigenvalue weighted by atomic mass is 32.1. The van der Waals surface area contributed by atoms with Crippen molar-refractivity contribution >= 4 is 34.6 Å². The number of carbonyl (C=O) groups excluding carboxylic acids is 1. The number of carbonyl (C=O) groups is 1. The SMILES string of the molecule is CCC(=O)Nc1ccc(N2C(=S)N[C@H](c3ccccn3)[C@H]2c2cc(C)n(-c3ccc4c(c3)OCO4)c2C)cc1C. The zero-order chi connectivity index (χ0) is 28.0. The maximum atomic E-state index is 12.0. The van der Waals surface area contributed by atoms with Crippen LogP contribution in [0.5, 0.6) is 11.5 Å². The molecule has 204 valence electrons. The summed E-state index contributed by atoms with van der Waals surface area (Å²) >= 11 is 5.95. The molecule has 9 heteroatoms. The number of amides is 1. The second-order valence-electron chi connectivity index (χ2n) is 10.1. The van der Waals surface area contributed by atoms with E-state index in [1.165, 1.54) is 0 Å². The van der Waals surface area contributed by atoms with Crippen molar-refractivity contribution in [3.63, 3.8) is 0 Å². The van der Waals surface area contributed by atoms with Crippen molar-refractivity contribution in [2.45, 2.75) is 46.2 Å². The summed E-state index contributed by atoms with van der Waals surface area (Å²) in [6.07, 6.45) is 2.24. The smallest absolute Gasteiger partial charge is 0.231 e. The van der Waals surface area contributed by atoms with Crippen molar-refractivity contribution < 1.29 is 14.3 Å². The number of nitrogens with zero attached hydrogens (tertiary/aromatic N) is 3. The maximum absolute atomic E-state index is 12.0.